The molecule has 0 N–H and O–H groups in total. The van der Waals surface area contributed by atoms with Crippen molar-refractivity contribution in [2.24, 2.45) is 0 Å². The van der Waals surface area contributed by atoms with Crippen LogP contribution in [0.25, 0.3) is 11.4 Å². The molecule has 1 aliphatic rings. The van der Waals surface area contributed by atoms with Gasteiger partial charge in [0.2, 0.25) is 5.91 Å². The van der Waals surface area contributed by atoms with Crippen molar-refractivity contribution in [3.63, 3.8) is 0 Å². The van der Waals surface area contributed by atoms with Gasteiger partial charge >= 0.3 is 5.97 Å². The molecule has 0 saturated carbocycles. The maximum atomic E-state index is 12.6. The van der Waals surface area contributed by atoms with Crippen LogP contribution in [0.15, 0.2) is 35.5 Å². The molecular weight excluding hydrogens is 384 g/mol. The Hall–Kier alpha value is -2.00. The molecule has 1 saturated heterocycles. The van der Waals surface area contributed by atoms with E-state index in [0.717, 1.165) is 28.8 Å². The van der Waals surface area contributed by atoms with Crippen molar-refractivity contribution in [3.8, 4) is 11.4 Å². The maximum Gasteiger partial charge on any atom is 0.320 e. The van der Waals surface area contributed by atoms with Crippen molar-refractivity contribution >= 4 is 35.4 Å². The monoisotopic (exact) mass is 406 g/mol. The summed E-state index contributed by atoms with van der Waals surface area (Å²) in [5.74, 6) is 1.53. The summed E-state index contributed by atoms with van der Waals surface area (Å²) in [6.07, 6.45) is 0. The summed E-state index contributed by atoms with van der Waals surface area (Å²) in [5, 5.41) is 8.98. The molecule has 0 aliphatic carbocycles. The van der Waals surface area contributed by atoms with Crippen LogP contribution in [0.4, 0.5) is 0 Å². The molecule has 0 radical (unpaired) electrons. The number of hydrogen-bond donors (Lipinski definition) is 0. The van der Waals surface area contributed by atoms with E-state index < -0.39 is 0 Å². The van der Waals surface area contributed by atoms with E-state index in [1.165, 1.54) is 30.6 Å². The summed E-state index contributed by atoms with van der Waals surface area (Å²) in [6.45, 7) is 3.79. The van der Waals surface area contributed by atoms with Crippen LogP contribution >= 0.6 is 23.5 Å². The fraction of sp³-hybridized carbons (Fsp3) is 0.444. The molecular formula is C18H22N4O3S2. The van der Waals surface area contributed by atoms with Crippen molar-refractivity contribution in [2.45, 2.75) is 23.9 Å². The molecule has 0 unspecified atom stereocenters. The lowest BCUT2D eigenvalue weighted by Crippen LogP contribution is -2.45. The summed E-state index contributed by atoms with van der Waals surface area (Å²) >= 11 is 2.92. The molecule has 1 amide bonds. The standard InChI is InChI=1S/C18H22N4O3S2/c1-3-22-16(13-7-5-4-6-8-13)19-20-18(22)27-12-15(23)21-9-10-26-14(11-21)17(24)25-2/h4-8,14H,3,9-12H2,1-2H3/t14-/m0/s1. The highest BCUT2D eigenvalue weighted by Crippen LogP contribution is 2.25. The number of aromatic nitrogens is 3. The molecule has 1 aliphatic heterocycles. The second-order valence-corrected chi connectivity index (χ2v) is 8.18. The van der Waals surface area contributed by atoms with Gasteiger partial charge in [-0.25, -0.2) is 0 Å². The van der Waals surface area contributed by atoms with E-state index in [-0.39, 0.29) is 22.9 Å². The summed E-state index contributed by atoms with van der Waals surface area (Å²) in [7, 11) is 1.38. The maximum absolute atomic E-state index is 12.6. The van der Waals surface area contributed by atoms with Gasteiger partial charge in [0.25, 0.3) is 0 Å². The number of ether oxygens (including phenoxy) is 1. The predicted molar refractivity (Wildman–Crippen MR) is 107 cm³/mol. The van der Waals surface area contributed by atoms with Crippen LogP contribution < -0.4 is 0 Å². The molecule has 144 valence electrons. The number of hydrogen-bond acceptors (Lipinski definition) is 7. The first kappa shape index (κ1) is 19.8. The Kier molecular flexibility index (Phi) is 6.78. The average Bonchev–Trinajstić information content (AvgIpc) is 3.15. The van der Waals surface area contributed by atoms with E-state index in [4.69, 9.17) is 4.74 Å². The highest BCUT2D eigenvalue weighted by molar-refractivity contribution is 8.00. The van der Waals surface area contributed by atoms with E-state index in [2.05, 4.69) is 10.2 Å². The largest absolute Gasteiger partial charge is 0.468 e. The van der Waals surface area contributed by atoms with Crippen molar-refractivity contribution < 1.29 is 14.3 Å². The van der Waals surface area contributed by atoms with Gasteiger partial charge in [-0.3, -0.25) is 9.59 Å². The Bertz CT molecular complexity index is 797. The van der Waals surface area contributed by atoms with Gasteiger partial charge in [-0.1, -0.05) is 42.1 Å². The molecule has 3 rings (SSSR count). The van der Waals surface area contributed by atoms with E-state index in [0.29, 0.717) is 13.1 Å². The number of methoxy groups -OCH3 is 1. The second kappa shape index (κ2) is 9.27. The Labute approximate surface area is 166 Å². The Balaban J connectivity index is 1.64. The van der Waals surface area contributed by atoms with Crippen LogP contribution in [0.3, 0.4) is 0 Å². The lowest BCUT2D eigenvalue weighted by molar-refractivity contribution is -0.141. The Morgan fingerprint density at radius 2 is 2.07 bits per heavy atom. The zero-order valence-electron chi connectivity index (χ0n) is 15.3. The number of amides is 1. The van der Waals surface area contributed by atoms with Crippen molar-refractivity contribution in [2.75, 3.05) is 31.7 Å². The molecule has 9 heteroatoms. The highest BCUT2D eigenvalue weighted by Gasteiger charge is 2.29. The first-order chi connectivity index (χ1) is 13.1. The van der Waals surface area contributed by atoms with Gasteiger partial charge in [-0.15, -0.1) is 22.0 Å². The van der Waals surface area contributed by atoms with Crippen LogP contribution in [0.1, 0.15) is 6.92 Å². The first-order valence-corrected chi connectivity index (χ1v) is 10.8. The van der Waals surface area contributed by atoms with E-state index in [1.54, 1.807) is 4.90 Å². The first-order valence-electron chi connectivity index (χ1n) is 8.72. The third-order valence-corrected chi connectivity index (χ3v) is 6.39. The lowest BCUT2D eigenvalue weighted by Gasteiger charge is -2.30. The SMILES string of the molecule is CCn1c(SCC(=O)N2CCS[C@H](C(=O)OC)C2)nnc1-c1ccccc1. The molecule has 2 heterocycles. The van der Waals surface area contributed by atoms with Crippen LogP contribution in [-0.4, -0.2) is 68.5 Å². The molecule has 2 aromatic rings. The highest BCUT2D eigenvalue weighted by atomic mass is 32.2. The van der Waals surface area contributed by atoms with Gasteiger partial charge in [0, 0.05) is 31.0 Å². The fourth-order valence-electron chi connectivity index (χ4n) is 2.85. The third-order valence-electron chi connectivity index (χ3n) is 4.27. The summed E-state index contributed by atoms with van der Waals surface area (Å²) in [6, 6.07) is 9.88. The number of esters is 1. The van der Waals surface area contributed by atoms with Crippen LogP contribution in [0, 0.1) is 0 Å². The molecule has 27 heavy (non-hydrogen) atoms. The van der Waals surface area contributed by atoms with Crippen molar-refractivity contribution in [1.82, 2.24) is 19.7 Å². The van der Waals surface area contributed by atoms with Gasteiger partial charge in [-0.05, 0) is 6.92 Å². The van der Waals surface area contributed by atoms with Gasteiger partial charge in [-0.2, -0.15) is 0 Å². The zero-order chi connectivity index (χ0) is 19.2. The van der Waals surface area contributed by atoms with Gasteiger partial charge in [0.1, 0.15) is 5.25 Å². The summed E-state index contributed by atoms with van der Waals surface area (Å²) in [4.78, 5) is 26.1. The summed E-state index contributed by atoms with van der Waals surface area (Å²) in [5.41, 5.74) is 0.999. The van der Waals surface area contributed by atoms with E-state index >= 15 is 0 Å². The number of benzene rings is 1. The Morgan fingerprint density at radius 3 is 2.78 bits per heavy atom. The minimum absolute atomic E-state index is 0.00103. The Morgan fingerprint density at radius 1 is 1.30 bits per heavy atom. The number of rotatable bonds is 6. The smallest absolute Gasteiger partial charge is 0.320 e. The van der Waals surface area contributed by atoms with Crippen LogP contribution in [0.5, 0.6) is 0 Å². The normalized spacial score (nSPS) is 17.0. The molecule has 1 aromatic heterocycles. The van der Waals surface area contributed by atoms with Crippen LogP contribution in [-0.2, 0) is 20.9 Å². The van der Waals surface area contributed by atoms with Crippen molar-refractivity contribution in [3.05, 3.63) is 30.3 Å². The molecule has 1 atom stereocenters. The third kappa shape index (κ3) is 4.65. The minimum atomic E-state index is -0.304. The van der Waals surface area contributed by atoms with E-state index in [9.17, 15) is 9.59 Å². The summed E-state index contributed by atoms with van der Waals surface area (Å²) < 4.78 is 6.81. The molecule has 0 bridgehead atoms. The number of carbonyl (C=O) groups excluding carboxylic acids is 2. The molecule has 1 fully saturated rings. The zero-order valence-corrected chi connectivity index (χ0v) is 17.0. The topological polar surface area (TPSA) is 77.3 Å². The predicted octanol–water partition coefficient (Wildman–Crippen LogP) is 2.17. The number of thioether (sulfide) groups is 2. The minimum Gasteiger partial charge on any atom is -0.468 e. The van der Waals surface area contributed by atoms with Gasteiger partial charge in [0.15, 0.2) is 11.0 Å². The van der Waals surface area contributed by atoms with Crippen LogP contribution in [0.2, 0.25) is 0 Å². The molecule has 1 aromatic carbocycles. The van der Waals surface area contributed by atoms with Gasteiger partial charge in [0.05, 0.1) is 12.9 Å². The molecule has 7 nitrogen and oxygen atoms in total. The van der Waals surface area contributed by atoms with Gasteiger partial charge < -0.3 is 14.2 Å². The van der Waals surface area contributed by atoms with E-state index in [1.807, 2.05) is 41.8 Å². The number of carbonyl (C=O) groups is 2. The molecule has 0 spiro atoms. The fourth-order valence-corrected chi connectivity index (χ4v) is 4.88. The number of nitrogens with zero attached hydrogens (tertiary/aromatic N) is 4. The van der Waals surface area contributed by atoms with Crippen molar-refractivity contribution in [1.29, 1.82) is 0 Å². The second-order valence-electron chi connectivity index (χ2n) is 5.93. The lowest BCUT2D eigenvalue weighted by atomic mass is 10.2. The average molecular weight is 407 g/mol. The quantitative estimate of drug-likeness (QED) is 0.537.